The molecule has 0 unspecified atom stereocenters. The van der Waals surface area contributed by atoms with Crippen LogP contribution in [0.4, 0.5) is 5.82 Å². The number of rotatable bonds is 0. The largest absolute Gasteiger partial charge is 0.382 e. The van der Waals surface area contributed by atoms with E-state index in [-0.39, 0.29) is 17.1 Å². The second kappa shape index (κ2) is 2.86. The third-order valence-electron chi connectivity index (χ3n) is 1.25. The summed E-state index contributed by atoms with van der Waals surface area (Å²) in [4.78, 5) is 14.4. The molecular formula is C5H5CuN5. The normalized spacial score (nSPS) is 9.45. The van der Waals surface area contributed by atoms with E-state index in [0.717, 1.165) is 0 Å². The quantitative estimate of drug-likeness (QED) is 0.581. The predicted octanol–water partition coefficient (Wildman–Crippen LogP) is -0.0674. The molecule has 61 valence electrons. The molecule has 0 atom stereocenters. The third kappa shape index (κ3) is 1.18. The van der Waals surface area contributed by atoms with Crippen molar-refractivity contribution in [2.24, 2.45) is 0 Å². The van der Waals surface area contributed by atoms with Gasteiger partial charge in [-0.1, -0.05) is 0 Å². The van der Waals surface area contributed by atoms with E-state index in [0.29, 0.717) is 17.0 Å². The van der Waals surface area contributed by atoms with Gasteiger partial charge in [0.15, 0.2) is 11.5 Å². The molecule has 3 N–H and O–H groups in total. The van der Waals surface area contributed by atoms with Crippen molar-refractivity contribution in [1.82, 2.24) is 19.9 Å². The van der Waals surface area contributed by atoms with E-state index in [4.69, 9.17) is 5.73 Å². The van der Waals surface area contributed by atoms with Crippen LogP contribution in [0.2, 0.25) is 0 Å². The summed E-state index contributed by atoms with van der Waals surface area (Å²) in [5.74, 6) is 0.409. The van der Waals surface area contributed by atoms with Crippen LogP contribution in [0, 0.1) is 0 Å². The zero-order valence-corrected chi connectivity index (χ0v) is 6.32. The van der Waals surface area contributed by atoms with Gasteiger partial charge in [-0.25, -0.2) is 15.0 Å². The van der Waals surface area contributed by atoms with Crippen molar-refractivity contribution < 1.29 is 17.1 Å². The first kappa shape index (κ1) is 7.97. The topological polar surface area (TPSA) is 80.5 Å². The van der Waals surface area contributed by atoms with Crippen LogP contribution in [0.25, 0.3) is 11.2 Å². The number of nitrogens with one attached hydrogen (secondary N) is 1. The summed E-state index contributed by atoms with van der Waals surface area (Å²) < 4.78 is 0. The molecule has 11 heavy (non-hydrogen) atoms. The van der Waals surface area contributed by atoms with Crippen LogP contribution < -0.4 is 5.73 Å². The fourth-order valence-corrected chi connectivity index (χ4v) is 0.783. The molecule has 0 saturated carbocycles. The smallest absolute Gasteiger partial charge is 0.162 e. The molecule has 0 aliphatic rings. The minimum absolute atomic E-state index is 0. The molecule has 0 spiro atoms. The molecule has 0 fully saturated rings. The number of hydrogen-bond donors (Lipinski definition) is 2. The summed E-state index contributed by atoms with van der Waals surface area (Å²) in [6.07, 6.45) is 2.94. The summed E-state index contributed by atoms with van der Waals surface area (Å²) in [7, 11) is 0. The Morgan fingerprint density at radius 1 is 1.27 bits per heavy atom. The zero-order chi connectivity index (χ0) is 6.97. The molecule has 0 aliphatic carbocycles. The van der Waals surface area contributed by atoms with Gasteiger partial charge in [0.2, 0.25) is 0 Å². The zero-order valence-electron chi connectivity index (χ0n) is 5.38. The number of imidazole rings is 1. The Balaban J connectivity index is 0.000000605. The Bertz CT molecular complexity index is 356. The van der Waals surface area contributed by atoms with Crippen molar-refractivity contribution in [2.45, 2.75) is 0 Å². The predicted molar refractivity (Wildman–Crippen MR) is 36.1 cm³/mol. The monoisotopic (exact) mass is 198 g/mol. The number of nitrogen functional groups attached to an aromatic ring is 1. The van der Waals surface area contributed by atoms with Gasteiger partial charge in [0, 0.05) is 17.1 Å². The van der Waals surface area contributed by atoms with Gasteiger partial charge in [0.25, 0.3) is 0 Å². The first-order chi connectivity index (χ1) is 4.88. The van der Waals surface area contributed by atoms with E-state index >= 15 is 0 Å². The van der Waals surface area contributed by atoms with Crippen molar-refractivity contribution in [3.63, 3.8) is 0 Å². The standard InChI is InChI=1S/C5H5N5.Cu/c6-4-3-5(9-1-7-3)10-2-8-4;/h1-2H,(H3,6,7,8,9,10);. The number of aromatic amines is 1. The molecule has 2 rings (SSSR count). The number of nitrogens with two attached hydrogens (primary N) is 1. The van der Waals surface area contributed by atoms with Crippen molar-refractivity contribution >= 4 is 17.0 Å². The minimum atomic E-state index is 0. The van der Waals surface area contributed by atoms with E-state index < -0.39 is 0 Å². The van der Waals surface area contributed by atoms with Gasteiger partial charge in [-0.15, -0.1) is 0 Å². The molecule has 0 aromatic carbocycles. The van der Waals surface area contributed by atoms with Crippen LogP contribution in [0.1, 0.15) is 0 Å². The first-order valence-electron chi connectivity index (χ1n) is 2.77. The van der Waals surface area contributed by atoms with E-state index in [2.05, 4.69) is 19.9 Å². The van der Waals surface area contributed by atoms with Crippen LogP contribution in [-0.4, -0.2) is 19.9 Å². The Morgan fingerprint density at radius 3 is 2.82 bits per heavy atom. The summed E-state index contributed by atoms with van der Waals surface area (Å²) >= 11 is 0. The van der Waals surface area contributed by atoms with E-state index in [1.54, 1.807) is 0 Å². The van der Waals surface area contributed by atoms with Crippen LogP contribution in [0.3, 0.4) is 0 Å². The summed E-state index contributed by atoms with van der Waals surface area (Å²) in [5, 5.41) is 0. The average Bonchev–Trinajstić information content (AvgIpc) is 2.36. The minimum Gasteiger partial charge on any atom is -0.382 e. The average molecular weight is 199 g/mol. The van der Waals surface area contributed by atoms with Gasteiger partial charge in [-0.05, 0) is 0 Å². The van der Waals surface area contributed by atoms with Crippen LogP contribution >= 0.6 is 0 Å². The maximum Gasteiger partial charge on any atom is 0.162 e. The van der Waals surface area contributed by atoms with Gasteiger partial charge in [-0.2, -0.15) is 0 Å². The fourth-order valence-electron chi connectivity index (χ4n) is 0.783. The molecule has 1 radical (unpaired) electrons. The molecule has 0 saturated heterocycles. The molecule has 2 aromatic heterocycles. The molecule has 6 heteroatoms. The van der Waals surface area contributed by atoms with Crippen molar-refractivity contribution in [1.29, 1.82) is 0 Å². The van der Waals surface area contributed by atoms with Crippen molar-refractivity contribution in [2.75, 3.05) is 5.73 Å². The van der Waals surface area contributed by atoms with Crippen molar-refractivity contribution in [3.05, 3.63) is 12.7 Å². The molecule has 0 aliphatic heterocycles. The molecule has 2 heterocycles. The number of anilines is 1. The second-order valence-corrected chi connectivity index (χ2v) is 1.86. The maximum atomic E-state index is 5.47. The van der Waals surface area contributed by atoms with Crippen LogP contribution in [-0.2, 0) is 17.1 Å². The van der Waals surface area contributed by atoms with Gasteiger partial charge in [0.05, 0.1) is 6.33 Å². The summed E-state index contributed by atoms with van der Waals surface area (Å²) in [6.45, 7) is 0. The van der Waals surface area contributed by atoms with Crippen LogP contribution in [0.5, 0.6) is 0 Å². The number of aromatic nitrogens is 4. The summed E-state index contributed by atoms with van der Waals surface area (Å²) in [6, 6.07) is 0. The number of H-pyrrole nitrogens is 1. The molecule has 0 bridgehead atoms. The Hall–Kier alpha value is -1.13. The number of nitrogens with zero attached hydrogens (tertiary/aromatic N) is 3. The maximum absolute atomic E-state index is 5.47. The van der Waals surface area contributed by atoms with E-state index in [9.17, 15) is 0 Å². The van der Waals surface area contributed by atoms with Gasteiger partial charge in [0.1, 0.15) is 11.8 Å². The van der Waals surface area contributed by atoms with Gasteiger partial charge >= 0.3 is 0 Å². The summed E-state index contributed by atoms with van der Waals surface area (Å²) in [5.41, 5.74) is 6.77. The number of fused-ring (bicyclic) bond motifs is 1. The second-order valence-electron chi connectivity index (χ2n) is 1.86. The molecular weight excluding hydrogens is 194 g/mol. The van der Waals surface area contributed by atoms with E-state index in [1.807, 2.05) is 0 Å². The van der Waals surface area contributed by atoms with Gasteiger partial charge < -0.3 is 10.7 Å². The van der Waals surface area contributed by atoms with E-state index in [1.165, 1.54) is 12.7 Å². The molecule has 0 amide bonds. The van der Waals surface area contributed by atoms with Crippen LogP contribution in [0.15, 0.2) is 12.7 Å². The Kier molecular flexibility index (Phi) is 2.07. The number of hydrogen-bond acceptors (Lipinski definition) is 4. The SMILES string of the molecule is Nc1ncnc2[nH]cnc12.[Cu]. The van der Waals surface area contributed by atoms with Gasteiger partial charge in [-0.3, -0.25) is 0 Å². The van der Waals surface area contributed by atoms with Crippen molar-refractivity contribution in [3.8, 4) is 0 Å². The molecule has 5 nitrogen and oxygen atoms in total. The fraction of sp³-hybridized carbons (Fsp3) is 0. The molecule has 2 aromatic rings. The Labute approximate surface area is 72.9 Å². The Morgan fingerprint density at radius 2 is 2.09 bits per heavy atom. The first-order valence-corrected chi connectivity index (χ1v) is 2.77. The third-order valence-corrected chi connectivity index (χ3v) is 1.25.